The second-order valence-electron chi connectivity index (χ2n) is 6.11. The van der Waals surface area contributed by atoms with E-state index in [-0.39, 0.29) is 5.60 Å². The van der Waals surface area contributed by atoms with Crippen LogP contribution in [0.2, 0.25) is 0 Å². The number of nitrogens with zero attached hydrogens (tertiary/aromatic N) is 4. The molecule has 1 N–H and O–H groups in total. The molecule has 118 valence electrons. The van der Waals surface area contributed by atoms with Crippen molar-refractivity contribution < 1.29 is 4.74 Å². The number of nitrogens with one attached hydrogen (secondary N) is 1. The maximum atomic E-state index is 6.17. The van der Waals surface area contributed by atoms with Gasteiger partial charge in [0.25, 0.3) is 0 Å². The van der Waals surface area contributed by atoms with E-state index < -0.39 is 0 Å². The summed E-state index contributed by atoms with van der Waals surface area (Å²) in [6.07, 6.45) is 8.71. The van der Waals surface area contributed by atoms with E-state index in [0.717, 1.165) is 37.7 Å². The molecule has 1 unspecified atom stereocenters. The highest BCUT2D eigenvalue weighted by Gasteiger charge is 2.39. The summed E-state index contributed by atoms with van der Waals surface area (Å²) in [6.45, 7) is 2.59. The van der Waals surface area contributed by atoms with Gasteiger partial charge in [0, 0.05) is 18.4 Å². The van der Waals surface area contributed by atoms with E-state index in [1.807, 2.05) is 23.5 Å². The summed E-state index contributed by atoms with van der Waals surface area (Å²) in [4.78, 5) is 0. The Hall–Kier alpha value is -0.660. The lowest BCUT2D eigenvalue weighted by atomic mass is 9.80. The molecule has 1 atom stereocenters. The van der Waals surface area contributed by atoms with Crippen molar-refractivity contribution in [1.82, 2.24) is 25.5 Å². The van der Waals surface area contributed by atoms with Crippen LogP contribution in [0.3, 0.4) is 0 Å². The molecule has 1 saturated heterocycles. The Morgan fingerprint density at radius 3 is 3.05 bits per heavy atom. The van der Waals surface area contributed by atoms with Gasteiger partial charge in [-0.3, -0.25) is 0 Å². The zero-order valence-corrected chi connectivity index (χ0v) is 13.6. The Bertz CT molecular complexity index is 441. The van der Waals surface area contributed by atoms with Crippen LogP contribution in [0.1, 0.15) is 44.9 Å². The molecule has 21 heavy (non-hydrogen) atoms. The molecule has 1 spiro atoms. The molecule has 3 rings (SSSR count). The van der Waals surface area contributed by atoms with Gasteiger partial charge in [-0.25, -0.2) is 4.68 Å². The molecule has 0 aromatic carbocycles. The van der Waals surface area contributed by atoms with Gasteiger partial charge in [0.1, 0.15) is 0 Å². The molecule has 7 heteroatoms. The molecule has 0 amide bonds. The molecule has 2 fully saturated rings. The summed E-state index contributed by atoms with van der Waals surface area (Å²) in [7, 11) is 1.95. The summed E-state index contributed by atoms with van der Waals surface area (Å²) in [5.74, 6) is 0. The minimum Gasteiger partial charge on any atom is -0.375 e. The minimum absolute atomic E-state index is 0.150. The lowest BCUT2D eigenvalue weighted by molar-refractivity contribution is -0.0971. The highest BCUT2D eigenvalue weighted by Crippen LogP contribution is 2.42. The Morgan fingerprint density at radius 2 is 2.24 bits per heavy atom. The first-order valence-electron chi connectivity index (χ1n) is 8.03. The van der Waals surface area contributed by atoms with Crippen LogP contribution in [-0.4, -0.2) is 51.3 Å². The first-order valence-corrected chi connectivity index (χ1v) is 8.91. The van der Waals surface area contributed by atoms with Crippen molar-refractivity contribution in [2.75, 3.05) is 20.2 Å². The van der Waals surface area contributed by atoms with Crippen LogP contribution in [0.5, 0.6) is 0 Å². The SMILES string of the molecule is CNCCn1nnnc1SC1CCOC2(CCCCC2)C1. The summed E-state index contributed by atoms with van der Waals surface area (Å²) in [5, 5.41) is 16.8. The fraction of sp³-hybridized carbons (Fsp3) is 0.929. The quantitative estimate of drug-likeness (QED) is 0.895. The Kier molecular flexibility index (Phi) is 5.13. The van der Waals surface area contributed by atoms with Crippen LogP contribution in [0.15, 0.2) is 5.16 Å². The highest BCUT2D eigenvalue weighted by molar-refractivity contribution is 7.99. The third kappa shape index (κ3) is 3.76. The number of rotatable bonds is 5. The van der Waals surface area contributed by atoms with Crippen molar-refractivity contribution >= 4 is 11.8 Å². The van der Waals surface area contributed by atoms with E-state index in [2.05, 4.69) is 20.8 Å². The largest absolute Gasteiger partial charge is 0.375 e. The zero-order chi connectivity index (χ0) is 14.5. The maximum Gasteiger partial charge on any atom is 0.209 e. The van der Waals surface area contributed by atoms with E-state index in [9.17, 15) is 0 Å². The molecule has 1 aromatic heterocycles. The van der Waals surface area contributed by atoms with Crippen molar-refractivity contribution in [1.29, 1.82) is 0 Å². The lowest BCUT2D eigenvalue weighted by Crippen LogP contribution is -2.42. The normalized spacial score (nSPS) is 25.3. The summed E-state index contributed by atoms with van der Waals surface area (Å²) in [6, 6.07) is 0. The van der Waals surface area contributed by atoms with E-state index in [0.29, 0.717) is 5.25 Å². The summed E-state index contributed by atoms with van der Waals surface area (Å²) < 4.78 is 8.08. The smallest absolute Gasteiger partial charge is 0.209 e. The number of thioether (sulfide) groups is 1. The van der Waals surface area contributed by atoms with Crippen LogP contribution >= 0.6 is 11.8 Å². The first kappa shape index (κ1) is 15.2. The van der Waals surface area contributed by atoms with E-state index >= 15 is 0 Å². The fourth-order valence-corrected chi connectivity index (χ4v) is 4.65. The van der Waals surface area contributed by atoms with E-state index in [4.69, 9.17) is 4.74 Å². The molecule has 0 bridgehead atoms. The third-order valence-corrected chi connectivity index (χ3v) is 5.80. The molecule has 1 aliphatic carbocycles. The van der Waals surface area contributed by atoms with Crippen molar-refractivity contribution in [2.24, 2.45) is 0 Å². The number of hydrogen-bond acceptors (Lipinski definition) is 6. The third-order valence-electron chi connectivity index (χ3n) is 4.56. The Morgan fingerprint density at radius 1 is 1.38 bits per heavy atom. The van der Waals surface area contributed by atoms with Crippen molar-refractivity contribution in [3.8, 4) is 0 Å². The molecule has 2 aliphatic rings. The molecule has 2 heterocycles. The van der Waals surface area contributed by atoms with Crippen LogP contribution in [-0.2, 0) is 11.3 Å². The van der Waals surface area contributed by atoms with E-state index in [1.165, 1.54) is 32.1 Å². The Balaban J connectivity index is 1.60. The maximum absolute atomic E-state index is 6.17. The minimum atomic E-state index is 0.150. The van der Waals surface area contributed by atoms with Crippen molar-refractivity contribution in [3.05, 3.63) is 0 Å². The average molecular weight is 311 g/mol. The lowest BCUT2D eigenvalue weighted by Gasteiger charge is -2.43. The number of likely N-dealkylation sites (N-methyl/N-ethyl adjacent to an activating group) is 1. The van der Waals surface area contributed by atoms with Crippen molar-refractivity contribution in [3.63, 3.8) is 0 Å². The predicted octanol–water partition coefficient (Wildman–Crippen LogP) is 1.87. The van der Waals surface area contributed by atoms with Gasteiger partial charge in [-0.05, 0) is 43.2 Å². The van der Waals surface area contributed by atoms with Gasteiger partial charge in [-0.2, -0.15) is 0 Å². The topological polar surface area (TPSA) is 64.9 Å². The van der Waals surface area contributed by atoms with Gasteiger partial charge in [0.15, 0.2) is 0 Å². The average Bonchev–Trinajstić information content (AvgIpc) is 2.93. The second-order valence-corrected chi connectivity index (χ2v) is 7.38. The number of tetrazole rings is 1. The number of aromatic nitrogens is 4. The molecule has 0 radical (unpaired) electrons. The monoisotopic (exact) mass is 311 g/mol. The van der Waals surface area contributed by atoms with Crippen LogP contribution in [0.4, 0.5) is 0 Å². The van der Waals surface area contributed by atoms with Gasteiger partial charge in [-0.1, -0.05) is 31.0 Å². The highest BCUT2D eigenvalue weighted by atomic mass is 32.2. The predicted molar refractivity (Wildman–Crippen MR) is 82.4 cm³/mol. The second kappa shape index (κ2) is 7.07. The molecule has 6 nitrogen and oxygen atoms in total. The molecular formula is C14H25N5OS. The molecule has 1 aromatic rings. The fourth-order valence-electron chi connectivity index (χ4n) is 3.42. The van der Waals surface area contributed by atoms with Crippen molar-refractivity contribution in [2.45, 2.75) is 67.5 Å². The molecular weight excluding hydrogens is 286 g/mol. The zero-order valence-electron chi connectivity index (χ0n) is 12.8. The summed E-state index contributed by atoms with van der Waals surface area (Å²) >= 11 is 1.83. The standard InChI is InChI=1S/C14H25N5OS/c1-15-8-9-19-13(16-17-18-19)21-12-5-10-20-14(11-12)6-3-2-4-7-14/h12,15H,2-11H2,1H3. The van der Waals surface area contributed by atoms with Gasteiger partial charge < -0.3 is 10.1 Å². The molecule has 1 saturated carbocycles. The van der Waals surface area contributed by atoms with Crippen LogP contribution in [0.25, 0.3) is 0 Å². The Labute approximate surface area is 130 Å². The number of hydrogen-bond donors (Lipinski definition) is 1. The van der Waals surface area contributed by atoms with Gasteiger partial charge >= 0.3 is 0 Å². The van der Waals surface area contributed by atoms with Gasteiger partial charge in [0.2, 0.25) is 5.16 Å². The van der Waals surface area contributed by atoms with Crippen LogP contribution in [0, 0.1) is 0 Å². The molecule has 1 aliphatic heterocycles. The van der Waals surface area contributed by atoms with Gasteiger partial charge in [0.05, 0.1) is 12.1 Å². The summed E-state index contributed by atoms with van der Waals surface area (Å²) in [5.41, 5.74) is 0.150. The van der Waals surface area contributed by atoms with Crippen LogP contribution < -0.4 is 5.32 Å². The number of ether oxygens (including phenoxy) is 1. The van der Waals surface area contributed by atoms with Gasteiger partial charge in [-0.15, -0.1) is 5.10 Å². The first-order chi connectivity index (χ1) is 10.3. The van der Waals surface area contributed by atoms with E-state index in [1.54, 1.807) is 0 Å².